The summed E-state index contributed by atoms with van der Waals surface area (Å²) in [4.78, 5) is 22.7. The zero-order valence-corrected chi connectivity index (χ0v) is 11.8. The van der Waals surface area contributed by atoms with Crippen molar-refractivity contribution in [1.82, 2.24) is 5.32 Å². The molecule has 0 unspecified atom stereocenters. The summed E-state index contributed by atoms with van der Waals surface area (Å²) in [6.45, 7) is 0.554. The molecule has 1 N–H and O–H groups in total. The van der Waals surface area contributed by atoms with Crippen molar-refractivity contribution in [1.29, 1.82) is 0 Å². The van der Waals surface area contributed by atoms with E-state index in [0.717, 1.165) is 5.75 Å². The van der Waals surface area contributed by atoms with E-state index < -0.39 is 4.92 Å². The Kier molecular flexibility index (Phi) is 6.00. The van der Waals surface area contributed by atoms with Crippen molar-refractivity contribution in [3.8, 4) is 0 Å². The number of amides is 1. The molecule has 0 fully saturated rings. The maximum atomic E-state index is 11.7. The molecule has 0 bridgehead atoms. The molecular weight excluding hydrogens is 272 g/mol. The smallest absolute Gasteiger partial charge is 0.283 e. The minimum absolute atomic E-state index is 0.0278. The lowest BCUT2D eigenvalue weighted by atomic mass is 10.2. The van der Waals surface area contributed by atoms with Gasteiger partial charge in [0.05, 0.1) is 9.82 Å². The number of nitro benzene ring substituents is 1. The Morgan fingerprint density at radius 2 is 2.17 bits per heavy atom. The summed E-state index contributed by atoms with van der Waals surface area (Å²) < 4.78 is 0. The summed E-state index contributed by atoms with van der Waals surface area (Å²) in [6.07, 6.45) is 3.71. The molecule has 7 heteroatoms. The van der Waals surface area contributed by atoms with E-state index in [4.69, 9.17) is 0 Å². The van der Waals surface area contributed by atoms with Crippen LogP contribution in [0.1, 0.15) is 10.4 Å². The van der Waals surface area contributed by atoms with Gasteiger partial charge in [-0.2, -0.15) is 11.8 Å². The van der Waals surface area contributed by atoms with E-state index in [-0.39, 0.29) is 11.6 Å². The van der Waals surface area contributed by atoms with Gasteiger partial charge in [0.2, 0.25) is 0 Å². The van der Waals surface area contributed by atoms with Crippen LogP contribution in [0.15, 0.2) is 23.1 Å². The highest BCUT2D eigenvalue weighted by Crippen LogP contribution is 2.28. The fourth-order valence-corrected chi connectivity index (χ4v) is 2.20. The molecule has 98 valence electrons. The molecule has 18 heavy (non-hydrogen) atoms. The van der Waals surface area contributed by atoms with Crippen molar-refractivity contribution < 1.29 is 9.72 Å². The lowest BCUT2D eigenvalue weighted by molar-refractivity contribution is -0.387. The van der Waals surface area contributed by atoms with Gasteiger partial charge in [-0.25, -0.2) is 0 Å². The van der Waals surface area contributed by atoms with Crippen molar-refractivity contribution in [2.24, 2.45) is 0 Å². The molecule has 0 saturated carbocycles. The number of hydrogen-bond donors (Lipinski definition) is 1. The van der Waals surface area contributed by atoms with Crippen LogP contribution in [0.5, 0.6) is 0 Å². The van der Waals surface area contributed by atoms with Crippen LogP contribution in [0.4, 0.5) is 5.69 Å². The van der Waals surface area contributed by atoms with Gasteiger partial charge >= 0.3 is 0 Å². The van der Waals surface area contributed by atoms with Crippen LogP contribution in [-0.4, -0.2) is 35.6 Å². The minimum atomic E-state index is -0.468. The SMILES string of the molecule is CSCCNC(=O)c1ccc(SC)c([N+](=O)[O-])c1. The van der Waals surface area contributed by atoms with Crippen LogP contribution in [-0.2, 0) is 0 Å². The molecule has 0 aromatic heterocycles. The predicted molar refractivity (Wildman–Crippen MR) is 75.6 cm³/mol. The van der Waals surface area contributed by atoms with Crippen LogP contribution >= 0.6 is 23.5 Å². The molecule has 5 nitrogen and oxygen atoms in total. The average Bonchev–Trinajstić information content (AvgIpc) is 2.38. The molecule has 0 atom stereocenters. The van der Waals surface area contributed by atoms with Gasteiger partial charge in [0, 0.05) is 23.9 Å². The molecule has 0 aliphatic rings. The summed E-state index contributed by atoms with van der Waals surface area (Å²) in [5.74, 6) is 0.538. The number of carbonyl (C=O) groups excluding carboxylic acids is 1. The first kappa shape index (κ1) is 14.8. The lowest BCUT2D eigenvalue weighted by Gasteiger charge is -2.05. The first-order valence-corrected chi connectivity index (χ1v) is 7.81. The fourth-order valence-electron chi connectivity index (χ4n) is 1.34. The van der Waals surface area contributed by atoms with Crippen molar-refractivity contribution in [3.63, 3.8) is 0 Å². The Balaban J connectivity index is 2.87. The topological polar surface area (TPSA) is 72.2 Å². The Morgan fingerprint density at radius 3 is 2.72 bits per heavy atom. The van der Waals surface area contributed by atoms with E-state index in [2.05, 4.69) is 5.32 Å². The summed E-state index contributed by atoms with van der Waals surface area (Å²) in [5.41, 5.74) is 0.292. The second kappa shape index (κ2) is 7.27. The van der Waals surface area contributed by atoms with Gasteiger partial charge < -0.3 is 5.32 Å². The van der Waals surface area contributed by atoms with Crippen LogP contribution in [0, 0.1) is 10.1 Å². The number of hydrogen-bond acceptors (Lipinski definition) is 5. The summed E-state index contributed by atoms with van der Waals surface area (Å²) in [6, 6.07) is 4.53. The minimum Gasteiger partial charge on any atom is -0.351 e. The van der Waals surface area contributed by atoms with Gasteiger partial charge in [0.15, 0.2) is 0 Å². The van der Waals surface area contributed by atoms with E-state index in [1.807, 2.05) is 6.26 Å². The molecule has 0 radical (unpaired) electrons. The summed E-state index contributed by atoms with van der Waals surface area (Å²) in [7, 11) is 0. The number of nitro groups is 1. The van der Waals surface area contributed by atoms with Crippen LogP contribution in [0.25, 0.3) is 0 Å². The number of carbonyl (C=O) groups is 1. The highest BCUT2D eigenvalue weighted by Gasteiger charge is 2.16. The predicted octanol–water partition coefficient (Wildman–Crippen LogP) is 2.41. The Labute approximate surface area is 114 Å². The van der Waals surface area contributed by atoms with E-state index in [9.17, 15) is 14.9 Å². The number of nitrogens with zero attached hydrogens (tertiary/aromatic N) is 1. The quantitative estimate of drug-likeness (QED) is 0.376. The second-order valence-corrected chi connectivity index (χ2v) is 5.23. The number of benzene rings is 1. The van der Waals surface area contributed by atoms with Crippen molar-refractivity contribution in [3.05, 3.63) is 33.9 Å². The third-order valence-electron chi connectivity index (χ3n) is 2.23. The van der Waals surface area contributed by atoms with Crippen molar-refractivity contribution >= 4 is 35.1 Å². The fraction of sp³-hybridized carbons (Fsp3) is 0.364. The van der Waals surface area contributed by atoms with Gasteiger partial charge in [-0.15, -0.1) is 11.8 Å². The molecule has 0 aliphatic carbocycles. The monoisotopic (exact) mass is 286 g/mol. The largest absolute Gasteiger partial charge is 0.351 e. The van der Waals surface area contributed by atoms with Gasteiger partial charge in [-0.3, -0.25) is 14.9 Å². The normalized spacial score (nSPS) is 10.1. The van der Waals surface area contributed by atoms with Crippen molar-refractivity contribution in [2.75, 3.05) is 24.8 Å². The van der Waals surface area contributed by atoms with Crippen LogP contribution in [0.2, 0.25) is 0 Å². The van der Waals surface area contributed by atoms with Crippen LogP contribution in [0.3, 0.4) is 0 Å². The number of rotatable bonds is 6. The average molecular weight is 286 g/mol. The molecule has 1 amide bonds. The molecule has 0 aliphatic heterocycles. The van der Waals surface area contributed by atoms with Gasteiger partial charge in [0.1, 0.15) is 0 Å². The van der Waals surface area contributed by atoms with E-state index in [1.165, 1.54) is 17.8 Å². The highest BCUT2D eigenvalue weighted by atomic mass is 32.2. The zero-order chi connectivity index (χ0) is 13.5. The van der Waals surface area contributed by atoms with Gasteiger partial charge in [0.25, 0.3) is 11.6 Å². The molecule has 0 saturated heterocycles. The molecule has 1 aromatic rings. The first-order chi connectivity index (χ1) is 8.60. The second-order valence-electron chi connectivity index (χ2n) is 3.39. The van der Waals surface area contributed by atoms with E-state index in [1.54, 1.807) is 30.2 Å². The van der Waals surface area contributed by atoms with E-state index >= 15 is 0 Å². The van der Waals surface area contributed by atoms with Crippen LogP contribution < -0.4 is 5.32 Å². The van der Waals surface area contributed by atoms with Gasteiger partial charge in [-0.05, 0) is 24.6 Å². The molecule has 0 heterocycles. The molecule has 1 rings (SSSR count). The Bertz CT molecular complexity index is 452. The standard InChI is InChI=1S/C11H14N2O3S2/c1-17-6-5-12-11(14)8-3-4-10(18-2)9(7-8)13(15)16/h3-4,7H,5-6H2,1-2H3,(H,12,14). The maximum absolute atomic E-state index is 11.7. The third kappa shape index (κ3) is 3.92. The zero-order valence-electron chi connectivity index (χ0n) is 10.1. The lowest BCUT2D eigenvalue weighted by Crippen LogP contribution is -2.25. The van der Waals surface area contributed by atoms with Gasteiger partial charge in [-0.1, -0.05) is 0 Å². The summed E-state index contributed by atoms with van der Waals surface area (Å²) >= 11 is 2.92. The third-order valence-corrected chi connectivity index (χ3v) is 3.63. The molecule has 0 spiro atoms. The first-order valence-electron chi connectivity index (χ1n) is 5.19. The molecular formula is C11H14N2O3S2. The number of nitrogens with one attached hydrogen (secondary N) is 1. The number of thioether (sulfide) groups is 2. The Hall–Kier alpha value is -1.21. The maximum Gasteiger partial charge on any atom is 0.283 e. The molecule has 1 aromatic carbocycles. The van der Waals surface area contributed by atoms with Crippen molar-refractivity contribution in [2.45, 2.75) is 4.90 Å². The Morgan fingerprint density at radius 1 is 1.44 bits per heavy atom. The summed E-state index contributed by atoms with van der Waals surface area (Å²) in [5, 5.41) is 13.6. The highest BCUT2D eigenvalue weighted by molar-refractivity contribution is 7.98. The van der Waals surface area contributed by atoms with E-state index in [0.29, 0.717) is 17.0 Å².